The molecule has 4 heteroatoms. The van der Waals surface area contributed by atoms with E-state index < -0.39 is 0 Å². The minimum Gasteiger partial charge on any atom is -0.296 e. The zero-order valence-electron chi connectivity index (χ0n) is 16.3. The van der Waals surface area contributed by atoms with E-state index in [1.165, 1.54) is 10.5 Å². The van der Waals surface area contributed by atoms with Crippen LogP contribution in [0.2, 0.25) is 0 Å². The Labute approximate surface area is 166 Å². The molecule has 0 unspecified atom stereocenters. The molecule has 0 N–H and O–H groups in total. The molecular formula is C24H26N2O2. The normalized spacial score (nSPS) is 25.0. The molecule has 2 aliphatic rings. The van der Waals surface area contributed by atoms with Gasteiger partial charge in [0.2, 0.25) is 0 Å². The fourth-order valence-corrected chi connectivity index (χ4v) is 4.73. The maximum Gasteiger partial charge on any atom is 0.261 e. The molecule has 0 saturated carbocycles. The zero-order valence-corrected chi connectivity index (χ0v) is 16.3. The molecule has 2 aromatic rings. The zero-order chi connectivity index (χ0) is 19.7. The average molecular weight is 374 g/mol. The maximum absolute atomic E-state index is 13.0. The van der Waals surface area contributed by atoms with Crippen molar-refractivity contribution in [1.82, 2.24) is 9.80 Å². The van der Waals surface area contributed by atoms with Crippen molar-refractivity contribution in [3.63, 3.8) is 0 Å². The highest BCUT2D eigenvalue weighted by Gasteiger charge is 2.46. The van der Waals surface area contributed by atoms with Gasteiger partial charge < -0.3 is 0 Å². The van der Waals surface area contributed by atoms with Crippen LogP contribution in [0.15, 0.2) is 67.3 Å². The van der Waals surface area contributed by atoms with E-state index in [1.54, 1.807) is 12.1 Å². The Morgan fingerprint density at radius 3 is 2.21 bits per heavy atom. The van der Waals surface area contributed by atoms with Gasteiger partial charge in [-0.25, -0.2) is 0 Å². The van der Waals surface area contributed by atoms with E-state index in [0.717, 1.165) is 25.9 Å². The number of likely N-dealkylation sites (tertiary alicyclic amines) is 1. The smallest absolute Gasteiger partial charge is 0.261 e. The summed E-state index contributed by atoms with van der Waals surface area (Å²) in [6.07, 6.45) is 3.49. The van der Waals surface area contributed by atoms with Crippen molar-refractivity contribution in [3.8, 4) is 0 Å². The molecule has 2 aliphatic heterocycles. The Morgan fingerprint density at radius 2 is 1.61 bits per heavy atom. The minimum absolute atomic E-state index is 0.0903. The molecule has 3 atom stereocenters. The Balaban J connectivity index is 1.58. The second-order valence-electron chi connectivity index (χ2n) is 7.77. The van der Waals surface area contributed by atoms with Crippen LogP contribution in [0.1, 0.15) is 46.0 Å². The Hall–Kier alpha value is -2.72. The van der Waals surface area contributed by atoms with Crippen molar-refractivity contribution in [2.24, 2.45) is 5.92 Å². The number of nitrogens with zero attached hydrogens (tertiary/aromatic N) is 2. The van der Waals surface area contributed by atoms with Gasteiger partial charge in [0.15, 0.2) is 0 Å². The summed E-state index contributed by atoms with van der Waals surface area (Å²) in [5.41, 5.74) is 2.35. The van der Waals surface area contributed by atoms with Crippen LogP contribution >= 0.6 is 0 Å². The highest BCUT2D eigenvalue weighted by molar-refractivity contribution is 6.21. The van der Waals surface area contributed by atoms with Gasteiger partial charge in [-0.3, -0.25) is 19.4 Å². The molecular weight excluding hydrogens is 348 g/mol. The molecule has 0 aliphatic carbocycles. The SMILES string of the molecule is C=CC[C@H]1[C@H](C)N(Cc2ccccc2)CC[C@@H]1N1C(=O)c2ccccc2C1=O. The van der Waals surface area contributed by atoms with E-state index in [-0.39, 0.29) is 29.8 Å². The number of fused-ring (bicyclic) bond motifs is 1. The first-order chi connectivity index (χ1) is 13.6. The molecule has 144 valence electrons. The van der Waals surface area contributed by atoms with Crippen LogP contribution in [0.25, 0.3) is 0 Å². The highest BCUT2D eigenvalue weighted by atomic mass is 16.2. The van der Waals surface area contributed by atoms with Crippen LogP contribution in [-0.2, 0) is 6.54 Å². The Morgan fingerprint density at radius 1 is 1.00 bits per heavy atom. The summed E-state index contributed by atoms with van der Waals surface area (Å²) in [7, 11) is 0. The van der Waals surface area contributed by atoms with Crippen molar-refractivity contribution < 1.29 is 9.59 Å². The van der Waals surface area contributed by atoms with Gasteiger partial charge in [0, 0.05) is 25.2 Å². The molecule has 0 radical (unpaired) electrons. The molecule has 4 rings (SSSR count). The lowest BCUT2D eigenvalue weighted by molar-refractivity contribution is 0.0168. The second-order valence-corrected chi connectivity index (χ2v) is 7.77. The Kier molecular flexibility index (Phi) is 5.14. The minimum atomic E-state index is -0.150. The van der Waals surface area contributed by atoms with Gasteiger partial charge in [-0.05, 0) is 43.4 Å². The number of allylic oxidation sites excluding steroid dienone is 1. The summed E-state index contributed by atoms with van der Waals surface area (Å²) < 4.78 is 0. The number of carbonyl (C=O) groups excluding carboxylic acids is 2. The fraction of sp³-hybridized carbons (Fsp3) is 0.333. The lowest BCUT2D eigenvalue weighted by Gasteiger charge is -2.46. The maximum atomic E-state index is 13.0. The fourth-order valence-electron chi connectivity index (χ4n) is 4.73. The molecule has 0 aromatic heterocycles. The first-order valence-electron chi connectivity index (χ1n) is 9.97. The molecule has 28 heavy (non-hydrogen) atoms. The molecule has 2 aromatic carbocycles. The number of piperidine rings is 1. The van der Waals surface area contributed by atoms with Gasteiger partial charge in [0.1, 0.15) is 0 Å². The quantitative estimate of drug-likeness (QED) is 0.583. The summed E-state index contributed by atoms with van der Waals surface area (Å²) in [6.45, 7) is 7.88. The van der Waals surface area contributed by atoms with Crippen LogP contribution in [0.4, 0.5) is 0 Å². The van der Waals surface area contributed by atoms with Gasteiger partial charge in [-0.2, -0.15) is 0 Å². The second kappa shape index (κ2) is 7.72. The Bertz CT molecular complexity index is 857. The standard InChI is InChI=1S/C24H26N2O2/c1-3-9-19-17(2)25(16-18-10-5-4-6-11-18)15-14-22(19)26-23(27)20-12-7-8-13-21(20)24(26)28/h3-8,10-13,17,19,22H,1,9,14-16H2,2H3/t17-,19-,22-/m0/s1. The van der Waals surface area contributed by atoms with Crippen molar-refractivity contribution in [2.45, 2.75) is 38.4 Å². The summed E-state index contributed by atoms with van der Waals surface area (Å²) in [5.74, 6) is -0.121. The molecule has 0 bridgehead atoms. The molecule has 1 fully saturated rings. The van der Waals surface area contributed by atoms with Gasteiger partial charge >= 0.3 is 0 Å². The van der Waals surface area contributed by atoms with Crippen LogP contribution in [-0.4, -0.2) is 40.2 Å². The number of imide groups is 1. The number of benzene rings is 2. The van der Waals surface area contributed by atoms with E-state index in [1.807, 2.05) is 24.3 Å². The number of carbonyl (C=O) groups is 2. The monoisotopic (exact) mass is 374 g/mol. The third-order valence-electron chi connectivity index (χ3n) is 6.23. The third-order valence-corrected chi connectivity index (χ3v) is 6.23. The van der Waals surface area contributed by atoms with Gasteiger partial charge in [-0.15, -0.1) is 6.58 Å². The molecule has 2 heterocycles. The van der Waals surface area contributed by atoms with Gasteiger partial charge in [-0.1, -0.05) is 48.5 Å². The van der Waals surface area contributed by atoms with Crippen molar-refractivity contribution in [2.75, 3.05) is 6.54 Å². The van der Waals surface area contributed by atoms with E-state index in [2.05, 4.69) is 42.7 Å². The van der Waals surface area contributed by atoms with E-state index in [4.69, 9.17) is 0 Å². The number of hydrogen-bond acceptors (Lipinski definition) is 3. The first kappa shape index (κ1) is 18.6. The summed E-state index contributed by atoms with van der Waals surface area (Å²) in [6, 6.07) is 17.8. The lowest BCUT2D eigenvalue weighted by atomic mass is 9.82. The van der Waals surface area contributed by atoms with Gasteiger partial charge in [0.25, 0.3) is 11.8 Å². The number of amides is 2. The van der Waals surface area contributed by atoms with E-state index >= 15 is 0 Å². The average Bonchev–Trinajstić information content (AvgIpc) is 2.97. The van der Waals surface area contributed by atoms with Crippen LogP contribution in [0, 0.1) is 5.92 Å². The van der Waals surface area contributed by atoms with Crippen molar-refractivity contribution >= 4 is 11.8 Å². The first-order valence-corrected chi connectivity index (χ1v) is 9.97. The predicted molar refractivity (Wildman–Crippen MR) is 110 cm³/mol. The number of rotatable bonds is 5. The summed E-state index contributed by atoms with van der Waals surface area (Å²) in [4.78, 5) is 30.0. The van der Waals surface area contributed by atoms with Crippen molar-refractivity contribution in [1.29, 1.82) is 0 Å². The summed E-state index contributed by atoms with van der Waals surface area (Å²) in [5, 5.41) is 0. The molecule has 1 saturated heterocycles. The molecule has 4 nitrogen and oxygen atoms in total. The molecule has 0 spiro atoms. The largest absolute Gasteiger partial charge is 0.296 e. The lowest BCUT2D eigenvalue weighted by Crippen LogP contribution is -2.56. The predicted octanol–water partition coefficient (Wildman–Crippen LogP) is 4.14. The van der Waals surface area contributed by atoms with E-state index in [0.29, 0.717) is 11.1 Å². The number of hydrogen-bond donors (Lipinski definition) is 0. The van der Waals surface area contributed by atoms with Crippen LogP contribution in [0.3, 0.4) is 0 Å². The highest BCUT2D eigenvalue weighted by Crippen LogP contribution is 2.36. The van der Waals surface area contributed by atoms with Gasteiger partial charge in [0.05, 0.1) is 11.1 Å². The van der Waals surface area contributed by atoms with Crippen LogP contribution in [0.5, 0.6) is 0 Å². The third kappa shape index (κ3) is 3.18. The van der Waals surface area contributed by atoms with Crippen LogP contribution < -0.4 is 0 Å². The molecule has 2 amide bonds. The topological polar surface area (TPSA) is 40.6 Å². The van der Waals surface area contributed by atoms with E-state index in [9.17, 15) is 9.59 Å². The van der Waals surface area contributed by atoms with Crippen molar-refractivity contribution in [3.05, 3.63) is 83.9 Å². The summed E-state index contributed by atoms with van der Waals surface area (Å²) >= 11 is 0.